The zero-order chi connectivity index (χ0) is 17.8. The Kier molecular flexibility index (Phi) is 4.84. The molecule has 3 rings (SSSR count). The fourth-order valence-electron chi connectivity index (χ4n) is 2.69. The maximum Gasteiger partial charge on any atom is 0.337 e. The third kappa shape index (κ3) is 3.71. The lowest BCUT2D eigenvalue weighted by Gasteiger charge is -2.15. The first-order valence-electron chi connectivity index (χ1n) is 8.15. The highest BCUT2D eigenvalue weighted by Crippen LogP contribution is 2.23. The molecule has 0 bridgehead atoms. The standard InChI is InChI=1S/C20H19NO4/c1-3-24-15-9-10-16-17(12-19(22)25-18(16)11-15)20(23)21-13(2)14-7-5-4-6-8-14/h4-13H,3H2,1-2H3,(H,21,23). The third-order valence-corrected chi connectivity index (χ3v) is 3.92. The van der Waals surface area contributed by atoms with Crippen molar-refractivity contribution in [1.29, 1.82) is 0 Å². The smallest absolute Gasteiger partial charge is 0.337 e. The summed E-state index contributed by atoms with van der Waals surface area (Å²) in [5.41, 5.74) is 1.04. The molecule has 5 heteroatoms. The van der Waals surface area contributed by atoms with Gasteiger partial charge in [-0.05, 0) is 31.5 Å². The van der Waals surface area contributed by atoms with Gasteiger partial charge in [0.2, 0.25) is 0 Å². The summed E-state index contributed by atoms with van der Waals surface area (Å²) in [5, 5.41) is 3.49. The molecule has 0 saturated carbocycles. The number of nitrogens with one attached hydrogen (secondary N) is 1. The summed E-state index contributed by atoms with van der Waals surface area (Å²) >= 11 is 0. The van der Waals surface area contributed by atoms with E-state index in [4.69, 9.17) is 9.15 Å². The molecule has 0 saturated heterocycles. The van der Waals surface area contributed by atoms with Crippen molar-refractivity contribution in [3.05, 3.63) is 76.1 Å². The Morgan fingerprint density at radius 2 is 1.92 bits per heavy atom. The van der Waals surface area contributed by atoms with Crippen molar-refractivity contribution in [2.24, 2.45) is 0 Å². The van der Waals surface area contributed by atoms with Gasteiger partial charge in [-0.2, -0.15) is 0 Å². The lowest BCUT2D eigenvalue weighted by Crippen LogP contribution is -2.27. The van der Waals surface area contributed by atoms with Gasteiger partial charge < -0.3 is 14.5 Å². The molecule has 1 aromatic heterocycles. The Morgan fingerprint density at radius 3 is 2.64 bits per heavy atom. The van der Waals surface area contributed by atoms with Crippen molar-refractivity contribution in [2.45, 2.75) is 19.9 Å². The van der Waals surface area contributed by atoms with Gasteiger partial charge in [0.1, 0.15) is 11.3 Å². The van der Waals surface area contributed by atoms with Gasteiger partial charge in [-0.3, -0.25) is 4.79 Å². The van der Waals surface area contributed by atoms with Gasteiger partial charge in [0.15, 0.2) is 0 Å². The normalized spacial score (nSPS) is 11.9. The monoisotopic (exact) mass is 337 g/mol. The molecule has 1 unspecified atom stereocenters. The molecule has 128 valence electrons. The molecule has 0 aliphatic rings. The van der Waals surface area contributed by atoms with Gasteiger partial charge in [-0.25, -0.2) is 4.79 Å². The van der Waals surface area contributed by atoms with E-state index < -0.39 is 5.63 Å². The second-order valence-electron chi connectivity index (χ2n) is 5.68. The molecular weight excluding hydrogens is 318 g/mol. The van der Waals surface area contributed by atoms with Crippen LogP contribution in [0.4, 0.5) is 0 Å². The number of carbonyl (C=O) groups excluding carboxylic acids is 1. The van der Waals surface area contributed by atoms with E-state index >= 15 is 0 Å². The number of carbonyl (C=O) groups is 1. The van der Waals surface area contributed by atoms with Crippen LogP contribution in [0.15, 0.2) is 63.8 Å². The van der Waals surface area contributed by atoms with E-state index in [1.54, 1.807) is 18.2 Å². The number of fused-ring (bicyclic) bond motifs is 1. The van der Waals surface area contributed by atoms with Crippen LogP contribution in [0.3, 0.4) is 0 Å². The van der Waals surface area contributed by atoms with Gasteiger partial charge in [-0.15, -0.1) is 0 Å². The fraction of sp³-hybridized carbons (Fsp3) is 0.200. The molecule has 1 N–H and O–H groups in total. The maximum absolute atomic E-state index is 12.7. The van der Waals surface area contributed by atoms with Gasteiger partial charge in [0.25, 0.3) is 5.91 Å². The second kappa shape index (κ2) is 7.21. The molecule has 0 aliphatic carbocycles. The Bertz CT molecular complexity index is 947. The van der Waals surface area contributed by atoms with E-state index in [0.717, 1.165) is 5.56 Å². The Morgan fingerprint density at radius 1 is 1.16 bits per heavy atom. The van der Waals surface area contributed by atoms with Gasteiger partial charge in [0, 0.05) is 17.5 Å². The highest BCUT2D eigenvalue weighted by Gasteiger charge is 2.16. The highest BCUT2D eigenvalue weighted by atomic mass is 16.5. The van der Waals surface area contributed by atoms with Crippen LogP contribution in [0.5, 0.6) is 5.75 Å². The van der Waals surface area contributed by atoms with E-state index in [2.05, 4.69) is 5.32 Å². The molecule has 0 aliphatic heterocycles. The number of amides is 1. The summed E-state index contributed by atoms with van der Waals surface area (Å²) < 4.78 is 10.6. The fourth-order valence-corrected chi connectivity index (χ4v) is 2.69. The topological polar surface area (TPSA) is 68.5 Å². The van der Waals surface area contributed by atoms with Crippen molar-refractivity contribution >= 4 is 16.9 Å². The quantitative estimate of drug-likeness (QED) is 0.721. The van der Waals surface area contributed by atoms with Crippen LogP contribution in [-0.4, -0.2) is 12.5 Å². The summed E-state index contributed by atoms with van der Waals surface area (Å²) in [7, 11) is 0. The number of rotatable bonds is 5. The van der Waals surface area contributed by atoms with Crippen LogP contribution in [0.25, 0.3) is 11.0 Å². The second-order valence-corrected chi connectivity index (χ2v) is 5.68. The molecule has 1 amide bonds. The molecule has 0 fully saturated rings. The SMILES string of the molecule is CCOc1ccc2c(C(=O)NC(C)c3ccccc3)cc(=O)oc2c1. The number of hydrogen-bond acceptors (Lipinski definition) is 4. The number of hydrogen-bond donors (Lipinski definition) is 1. The minimum absolute atomic E-state index is 0.182. The van der Waals surface area contributed by atoms with Crippen molar-refractivity contribution in [3.63, 3.8) is 0 Å². The van der Waals surface area contributed by atoms with Gasteiger partial charge in [0.05, 0.1) is 18.2 Å². The average Bonchev–Trinajstić information content (AvgIpc) is 2.61. The molecule has 2 aromatic carbocycles. The maximum atomic E-state index is 12.7. The molecule has 1 atom stereocenters. The van der Waals surface area contributed by atoms with E-state index in [-0.39, 0.29) is 17.5 Å². The van der Waals surface area contributed by atoms with Crippen molar-refractivity contribution in [3.8, 4) is 5.75 Å². The molecule has 5 nitrogen and oxygen atoms in total. The number of ether oxygens (including phenoxy) is 1. The van der Waals surface area contributed by atoms with Crippen LogP contribution in [0.1, 0.15) is 35.8 Å². The summed E-state index contributed by atoms with van der Waals surface area (Å²) in [4.78, 5) is 24.5. The lowest BCUT2D eigenvalue weighted by molar-refractivity contribution is 0.0941. The van der Waals surface area contributed by atoms with E-state index in [1.807, 2.05) is 44.2 Å². The third-order valence-electron chi connectivity index (χ3n) is 3.92. The summed E-state index contributed by atoms with van der Waals surface area (Å²) in [6, 6.07) is 15.8. The first kappa shape index (κ1) is 16.8. The van der Waals surface area contributed by atoms with E-state index in [1.165, 1.54) is 6.07 Å². The zero-order valence-corrected chi connectivity index (χ0v) is 14.1. The molecule has 1 heterocycles. The minimum atomic E-state index is -0.571. The van der Waals surface area contributed by atoms with Gasteiger partial charge in [-0.1, -0.05) is 30.3 Å². The zero-order valence-electron chi connectivity index (χ0n) is 14.1. The lowest BCUT2D eigenvalue weighted by atomic mass is 10.1. The van der Waals surface area contributed by atoms with Crippen LogP contribution in [0.2, 0.25) is 0 Å². The van der Waals surface area contributed by atoms with E-state index in [9.17, 15) is 9.59 Å². The summed E-state index contributed by atoms with van der Waals surface area (Å²) in [5.74, 6) is 0.270. The minimum Gasteiger partial charge on any atom is -0.494 e. The Hall–Kier alpha value is -3.08. The Labute approximate surface area is 145 Å². The first-order chi connectivity index (χ1) is 12.1. The highest BCUT2D eigenvalue weighted by molar-refractivity contribution is 6.05. The Balaban J connectivity index is 1.94. The largest absolute Gasteiger partial charge is 0.494 e. The van der Waals surface area contributed by atoms with Crippen molar-refractivity contribution in [2.75, 3.05) is 6.61 Å². The van der Waals surface area contributed by atoms with Crippen LogP contribution >= 0.6 is 0 Å². The summed E-state index contributed by atoms with van der Waals surface area (Å²) in [6.07, 6.45) is 0. The molecule has 0 radical (unpaired) electrons. The average molecular weight is 337 g/mol. The molecule has 0 spiro atoms. The van der Waals surface area contributed by atoms with Crippen molar-refractivity contribution in [1.82, 2.24) is 5.32 Å². The molecular formula is C20H19NO4. The van der Waals surface area contributed by atoms with Crippen LogP contribution < -0.4 is 15.7 Å². The van der Waals surface area contributed by atoms with Crippen LogP contribution in [-0.2, 0) is 0 Å². The van der Waals surface area contributed by atoms with Crippen molar-refractivity contribution < 1.29 is 13.9 Å². The predicted octanol–water partition coefficient (Wildman–Crippen LogP) is 3.68. The van der Waals surface area contributed by atoms with Crippen LogP contribution in [0, 0.1) is 0 Å². The summed E-state index contributed by atoms with van der Waals surface area (Å²) in [6.45, 7) is 4.27. The molecule has 3 aromatic rings. The van der Waals surface area contributed by atoms with Gasteiger partial charge >= 0.3 is 5.63 Å². The first-order valence-corrected chi connectivity index (χ1v) is 8.15. The van der Waals surface area contributed by atoms with E-state index in [0.29, 0.717) is 23.3 Å². The number of benzene rings is 2. The predicted molar refractivity (Wildman–Crippen MR) is 96.0 cm³/mol. The molecule has 25 heavy (non-hydrogen) atoms.